The van der Waals surface area contributed by atoms with E-state index >= 15 is 0 Å². The number of imidazole rings is 1. The smallest absolute Gasteiger partial charge is 0.206 e. The molecule has 0 aliphatic carbocycles. The van der Waals surface area contributed by atoms with E-state index in [-0.39, 0.29) is 0 Å². The highest BCUT2D eigenvalue weighted by atomic mass is 32.1. The van der Waals surface area contributed by atoms with E-state index in [1.807, 2.05) is 25.1 Å². The summed E-state index contributed by atoms with van der Waals surface area (Å²) in [6.07, 6.45) is 5.95. The maximum absolute atomic E-state index is 4.54. The molecule has 3 aromatic rings. The largest absolute Gasteiger partial charge is 0.356 e. The van der Waals surface area contributed by atoms with Crippen LogP contribution < -0.4 is 5.32 Å². The van der Waals surface area contributed by atoms with Gasteiger partial charge in [-0.15, -0.1) is 10.2 Å². The summed E-state index contributed by atoms with van der Waals surface area (Å²) in [5.74, 6) is 1.18. The molecular formula is C15H16N6S. The molecule has 6 nitrogen and oxygen atoms in total. The first-order valence-electron chi connectivity index (χ1n) is 7.32. The molecule has 3 aromatic heterocycles. The standard InChI is InChI=1S/C15H16N6S/c1-10-8-21-9-11(5-6-13(21)17-10)18-15-20-19-14(22-15)12-4-2-3-7-16-12/h2-4,7-8,11H,5-6,9H2,1H3,(H,18,20). The minimum Gasteiger partial charge on any atom is -0.356 e. The number of nitrogens with zero attached hydrogens (tertiary/aromatic N) is 5. The van der Waals surface area contributed by atoms with E-state index in [1.54, 1.807) is 17.5 Å². The first kappa shape index (κ1) is 13.4. The average Bonchev–Trinajstić information content (AvgIpc) is 3.13. The Labute approximate surface area is 132 Å². The molecule has 112 valence electrons. The number of hydrogen-bond acceptors (Lipinski definition) is 6. The van der Waals surface area contributed by atoms with Crippen LogP contribution in [0.25, 0.3) is 10.7 Å². The zero-order chi connectivity index (χ0) is 14.9. The highest BCUT2D eigenvalue weighted by Crippen LogP contribution is 2.26. The zero-order valence-electron chi connectivity index (χ0n) is 12.2. The fraction of sp³-hybridized carbons (Fsp3) is 0.333. The van der Waals surface area contributed by atoms with Gasteiger partial charge in [0.15, 0.2) is 5.01 Å². The molecule has 0 saturated heterocycles. The minimum atomic E-state index is 0.366. The van der Waals surface area contributed by atoms with Gasteiger partial charge in [0.25, 0.3) is 0 Å². The molecule has 4 rings (SSSR count). The van der Waals surface area contributed by atoms with Gasteiger partial charge in [0, 0.05) is 31.4 Å². The number of aromatic nitrogens is 5. The van der Waals surface area contributed by atoms with Crippen LogP contribution in [0.5, 0.6) is 0 Å². The summed E-state index contributed by atoms with van der Waals surface area (Å²) in [6, 6.07) is 6.17. The zero-order valence-corrected chi connectivity index (χ0v) is 13.0. The second kappa shape index (κ2) is 5.49. The summed E-state index contributed by atoms with van der Waals surface area (Å²) >= 11 is 1.55. The molecule has 0 aromatic carbocycles. The van der Waals surface area contributed by atoms with Crippen LogP contribution in [0.2, 0.25) is 0 Å². The van der Waals surface area contributed by atoms with Gasteiger partial charge in [-0.05, 0) is 25.5 Å². The summed E-state index contributed by atoms with van der Waals surface area (Å²) in [7, 11) is 0. The Morgan fingerprint density at radius 2 is 2.27 bits per heavy atom. The van der Waals surface area contributed by atoms with Gasteiger partial charge in [-0.1, -0.05) is 17.4 Å². The highest BCUT2D eigenvalue weighted by Gasteiger charge is 2.20. The molecule has 1 aliphatic rings. The SMILES string of the molecule is Cc1cn2c(n1)CCC(Nc1nnc(-c3ccccn3)s1)C2. The third-order valence-electron chi connectivity index (χ3n) is 3.75. The number of rotatable bonds is 3. The summed E-state index contributed by atoms with van der Waals surface area (Å²) in [5, 5.41) is 13.7. The molecule has 4 heterocycles. The lowest BCUT2D eigenvalue weighted by atomic mass is 10.1. The monoisotopic (exact) mass is 312 g/mol. The van der Waals surface area contributed by atoms with Crippen molar-refractivity contribution < 1.29 is 0 Å². The predicted octanol–water partition coefficient (Wildman–Crippen LogP) is 2.53. The van der Waals surface area contributed by atoms with E-state index in [4.69, 9.17) is 0 Å². The van der Waals surface area contributed by atoms with Crippen molar-refractivity contribution in [3.8, 4) is 10.7 Å². The first-order chi connectivity index (χ1) is 10.8. The van der Waals surface area contributed by atoms with E-state index in [0.29, 0.717) is 6.04 Å². The van der Waals surface area contributed by atoms with Crippen LogP contribution in [0.1, 0.15) is 17.9 Å². The van der Waals surface area contributed by atoms with Gasteiger partial charge in [-0.2, -0.15) is 0 Å². The molecule has 22 heavy (non-hydrogen) atoms. The van der Waals surface area contributed by atoms with Crippen LogP contribution in [-0.2, 0) is 13.0 Å². The fourth-order valence-electron chi connectivity index (χ4n) is 2.75. The molecule has 1 unspecified atom stereocenters. The molecule has 0 fully saturated rings. The van der Waals surface area contributed by atoms with Gasteiger partial charge in [-0.3, -0.25) is 4.98 Å². The molecule has 0 saturated carbocycles. The maximum atomic E-state index is 4.54. The van der Waals surface area contributed by atoms with E-state index in [1.165, 1.54) is 5.82 Å². The fourth-order valence-corrected chi connectivity index (χ4v) is 3.55. The van der Waals surface area contributed by atoms with Gasteiger partial charge < -0.3 is 9.88 Å². The number of nitrogens with one attached hydrogen (secondary N) is 1. The van der Waals surface area contributed by atoms with Crippen LogP contribution in [0.15, 0.2) is 30.6 Å². The molecular weight excluding hydrogens is 296 g/mol. The van der Waals surface area contributed by atoms with E-state index in [9.17, 15) is 0 Å². The van der Waals surface area contributed by atoms with Crippen LogP contribution in [0, 0.1) is 6.92 Å². The van der Waals surface area contributed by atoms with Crippen molar-refractivity contribution in [3.63, 3.8) is 0 Å². The van der Waals surface area contributed by atoms with Crippen molar-refractivity contribution in [2.24, 2.45) is 0 Å². The summed E-state index contributed by atoms with van der Waals surface area (Å²) in [4.78, 5) is 8.85. The van der Waals surface area contributed by atoms with Crippen molar-refractivity contribution >= 4 is 16.5 Å². The lowest BCUT2D eigenvalue weighted by Gasteiger charge is -2.24. The molecule has 0 bridgehead atoms. The quantitative estimate of drug-likeness (QED) is 0.805. The lowest BCUT2D eigenvalue weighted by Crippen LogP contribution is -2.31. The van der Waals surface area contributed by atoms with E-state index in [0.717, 1.165) is 40.9 Å². The number of hydrogen-bond donors (Lipinski definition) is 1. The topological polar surface area (TPSA) is 68.5 Å². The van der Waals surface area contributed by atoms with Crippen LogP contribution in [0.3, 0.4) is 0 Å². The number of aryl methyl sites for hydroxylation is 2. The van der Waals surface area contributed by atoms with Crippen LogP contribution in [0.4, 0.5) is 5.13 Å². The Balaban J connectivity index is 1.47. The van der Waals surface area contributed by atoms with Crippen molar-refractivity contribution in [1.29, 1.82) is 0 Å². The Kier molecular flexibility index (Phi) is 3.34. The summed E-state index contributed by atoms with van der Waals surface area (Å²) in [5.41, 5.74) is 1.95. The third kappa shape index (κ3) is 2.59. The van der Waals surface area contributed by atoms with Gasteiger partial charge in [0.1, 0.15) is 11.5 Å². The molecule has 0 amide bonds. The minimum absolute atomic E-state index is 0.366. The summed E-state index contributed by atoms with van der Waals surface area (Å²) in [6.45, 7) is 2.96. The average molecular weight is 312 g/mol. The second-order valence-electron chi connectivity index (χ2n) is 5.46. The maximum Gasteiger partial charge on any atom is 0.206 e. The van der Waals surface area contributed by atoms with Crippen LogP contribution >= 0.6 is 11.3 Å². The van der Waals surface area contributed by atoms with E-state index < -0.39 is 0 Å². The van der Waals surface area contributed by atoms with Gasteiger partial charge in [-0.25, -0.2) is 4.98 Å². The van der Waals surface area contributed by atoms with Crippen LogP contribution in [-0.4, -0.2) is 30.8 Å². The number of pyridine rings is 1. The van der Waals surface area contributed by atoms with Crippen molar-refractivity contribution in [2.45, 2.75) is 32.4 Å². The lowest BCUT2D eigenvalue weighted by molar-refractivity contribution is 0.476. The second-order valence-corrected chi connectivity index (χ2v) is 6.44. The van der Waals surface area contributed by atoms with Gasteiger partial charge in [0.05, 0.1) is 5.69 Å². The van der Waals surface area contributed by atoms with Gasteiger partial charge in [0.2, 0.25) is 5.13 Å². The molecule has 0 spiro atoms. The van der Waals surface area contributed by atoms with Crippen molar-refractivity contribution in [1.82, 2.24) is 24.7 Å². The van der Waals surface area contributed by atoms with Gasteiger partial charge >= 0.3 is 0 Å². The Bertz CT molecular complexity index is 778. The van der Waals surface area contributed by atoms with Crippen molar-refractivity contribution in [3.05, 3.63) is 42.1 Å². The Morgan fingerprint density at radius 3 is 3.14 bits per heavy atom. The first-order valence-corrected chi connectivity index (χ1v) is 8.14. The Morgan fingerprint density at radius 1 is 1.32 bits per heavy atom. The molecule has 1 N–H and O–H groups in total. The number of anilines is 1. The highest BCUT2D eigenvalue weighted by molar-refractivity contribution is 7.18. The predicted molar refractivity (Wildman–Crippen MR) is 85.8 cm³/mol. The molecule has 0 radical (unpaired) electrons. The molecule has 7 heteroatoms. The molecule has 1 atom stereocenters. The third-order valence-corrected chi connectivity index (χ3v) is 4.63. The Hall–Kier alpha value is -2.28. The van der Waals surface area contributed by atoms with E-state index in [2.05, 4.69) is 36.2 Å². The molecule has 1 aliphatic heterocycles. The summed E-state index contributed by atoms with van der Waals surface area (Å²) < 4.78 is 2.23. The van der Waals surface area contributed by atoms with Crippen molar-refractivity contribution in [2.75, 3.05) is 5.32 Å². The number of fused-ring (bicyclic) bond motifs is 1. The normalized spacial score (nSPS) is 17.2.